The van der Waals surface area contributed by atoms with E-state index in [0.717, 1.165) is 6.42 Å². The highest BCUT2D eigenvalue weighted by Crippen LogP contribution is 2.48. The van der Waals surface area contributed by atoms with E-state index in [1.807, 2.05) is 0 Å². The van der Waals surface area contributed by atoms with Gasteiger partial charge < -0.3 is 5.11 Å². The van der Waals surface area contributed by atoms with Crippen molar-refractivity contribution in [2.45, 2.75) is 19.4 Å². The Bertz CT molecular complexity index is 700. The number of aliphatic hydroxyl groups excluding tert-OH is 1. The highest BCUT2D eigenvalue weighted by molar-refractivity contribution is 7.77. The van der Waals surface area contributed by atoms with Crippen LogP contribution in [0.5, 0.6) is 0 Å². The van der Waals surface area contributed by atoms with Crippen LogP contribution in [0.4, 0.5) is 0 Å². The maximum Gasteiger partial charge on any atom is 0.0558 e. The number of nitrogens with zero attached hydrogens (tertiary/aromatic N) is 1. The third-order valence-electron chi connectivity index (χ3n) is 4.83. The Labute approximate surface area is 152 Å². The smallest absolute Gasteiger partial charge is 0.0558 e. The Morgan fingerprint density at radius 1 is 1.00 bits per heavy atom. The topological polar surface area (TPSA) is 23.5 Å². The summed E-state index contributed by atoms with van der Waals surface area (Å²) in [4.78, 5) is 2.24. The lowest BCUT2D eigenvalue weighted by atomic mass is 10.1. The molecule has 3 heteroatoms. The molecule has 0 saturated heterocycles. The maximum absolute atomic E-state index is 9.29. The van der Waals surface area contributed by atoms with E-state index >= 15 is 0 Å². The number of allylic oxidation sites excluding steroid dienone is 3. The van der Waals surface area contributed by atoms with Gasteiger partial charge in [-0.05, 0) is 49.8 Å². The summed E-state index contributed by atoms with van der Waals surface area (Å²) < 4.78 is 0. The summed E-state index contributed by atoms with van der Waals surface area (Å²) >= 11 is 0. The predicted molar refractivity (Wildman–Crippen MR) is 109 cm³/mol. The van der Waals surface area contributed by atoms with Gasteiger partial charge in [0.25, 0.3) is 0 Å². The predicted octanol–water partition coefficient (Wildman–Crippen LogP) is 3.65. The highest BCUT2D eigenvalue weighted by Gasteiger charge is 2.26. The number of likely N-dealkylation sites (N-methyl/N-ethyl adjacent to an activating group) is 1. The van der Waals surface area contributed by atoms with Gasteiger partial charge in [0, 0.05) is 12.6 Å². The number of hydrogen-bond acceptors (Lipinski definition) is 2. The zero-order valence-electron chi connectivity index (χ0n) is 15.0. The normalized spacial score (nSPS) is 15.4. The molecule has 0 aromatic heterocycles. The molecule has 1 N–H and O–H groups in total. The molecule has 3 rings (SSSR count). The van der Waals surface area contributed by atoms with E-state index in [2.05, 4.69) is 91.7 Å². The number of benzene rings is 2. The van der Waals surface area contributed by atoms with Gasteiger partial charge in [0.1, 0.15) is 0 Å². The van der Waals surface area contributed by atoms with Crippen LogP contribution in [0, 0.1) is 0 Å². The molecule has 0 amide bonds. The van der Waals surface area contributed by atoms with Crippen LogP contribution in [0.1, 0.15) is 13.3 Å². The van der Waals surface area contributed by atoms with Crippen molar-refractivity contribution in [3.63, 3.8) is 0 Å². The summed E-state index contributed by atoms with van der Waals surface area (Å²) in [6, 6.07) is 22.0. The Morgan fingerprint density at radius 2 is 1.56 bits per heavy atom. The Hall–Kier alpha value is -1.73. The third kappa shape index (κ3) is 4.10. The lowest BCUT2D eigenvalue weighted by Gasteiger charge is -2.29. The van der Waals surface area contributed by atoms with Crippen LogP contribution in [0.3, 0.4) is 0 Å². The molecule has 1 atom stereocenters. The van der Waals surface area contributed by atoms with Gasteiger partial charge in [0.15, 0.2) is 0 Å². The minimum absolute atomic E-state index is 0.197. The minimum Gasteiger partial charge on any atom is -0.395 e. The van der Waals surface area contributed by atoms with Crippen LogP contribution in [0.2, 0.25) is 0 Å². The Morgan fingerprint density at radius 3 is 2.08 bits per heavy atom. The van der Waals surface area contributed by atoms with Crippen molar-refractivity contribution >= 4 is 18.5 Å². The van der Waals surface area contributed by atoms with Gasteiger partial charge in [-0.15, -0.1) is 0 Å². The molecule has 130 valence electrons. The van der Waals surface area contributed by atoms with Gasteiger partial charge >= 0.3 is 0 Å². The van der Waals surface area contributed by atoms with Gasteiger partial charge in [0.2, 0.25) is 0 Å². The van der Waals surface area contributed by atoms with Crippen LogP contribution in [-0.2, 0) is 0 Å². The molecule has 0 fully saturated rings. The van der Waals surface area contributed by atoms with Crippen LogP contribution >= 0.6 is 7.92 Å². The highest BCUT2D eigenvalue weighted by atomic mass is 31.1. The van der Waals surface area contributed by atoms with E-state index in [1.165, 1.54) is 21.5 Å². The zero-order chi connectivity index (χ0) is 17.6. The van der Waals surface area contributed by atoms with Crippen molar-refractivity contribution in [3.05, 3.63) is 83.7 Å². The SMILES string of the molecule is C[C@@H](C1=C(P(c2ccccc2)c2ccccc2)C=CC1)N(C)CCO. The number of aliphatic hydroxyl groups is 1. The Kier molecular flexibility index (Phi) is 6.20. The molecular weight excluding hydrogens is 325 g/mol. The average Bonchev–Trinajstić information content (AvgIpc) is 3.12. The molecule has 2 aromatic rings. The molecule has 2 aromatic carbocycles. The molecular formula is C22H26NOP. The molecule has 25 heavy (non-hydrogen) atoms. The van der Waals surface area contributed by atoms with E-state index in [9.17, 15) is 5.11 Å². The van der Waals surface area contributed by atoms with Crippen molar-refractivity contribution in [3.8, 4) is 0 Å². The standard InChI is InChI=1S/C22H26NOP/c1-18(23(2)16-17-24)21-14-9-15-22(21)25(19-10-5-3-6-11-19)20-12-7-4-8-13-20/h3-13,15,18,24H,14,16-17H2,1-2H3/t18-/m0/s1. The first kappa shape index (κ1) is 18.1. The van der Waals surface area contributed by atoms with Crippen molar-refractivity contribution in [1.29, 1.82) is 0 Å². The largest absolute Gasteiger partial charge is 0.395 e. The molecule has 0 bridgehead atoms. The van der Waals surface area contributed by atoms with Gasteiger partial charge in [-0.1, -0.05) is 72.8 Å². The van der Waals surface area contributed by atoms with E-state index in [1.54, 1.807) is 0 Å². The molecule has 0 saturated carbocycles. The molecule has 0 unspecified atom stereocenters. The molecule has 0 spiro atoms. The first-order chi connectivity index (χ1) is 12.2. The Balaban J connectivity index is 2.05. The second-order valence-electron chi connectivity index (χ2n) is 6.40. The lowest BCUT2D eigenvalue weighted by molar-refractivity contribution is 0.201. The summed E-state index contributed by atoms with van der Waals surface area (Å²) in [5.41, 5.74) is 1.48. The van der Waals surface area contributed by atoms with Gasteiger partial charge in [-0.2, -0.15) is 0 Å². The molecule has 0 heterocycles. The summed E-state index contributed by atoms with van der Waals surface area (Å²) in [6.07, 6.45) is 5.62. The second-order valence-corrected chi connectivity index (χ2v) is 8.59. The fourth-order valence-corrected chi connectivity index (χ4v) is 5.93. The molecule has 2 nitrogen and oxygen atoms in total. The summed E-state index contributed by atoms with van der Waals surface area (Å²) in [6.45, 7) is 3.15. The fourth-order valence-electron chi connectivity index (χ4n) is 3.31. The monoisotopic (exact) mass is 351 g/mol. The average molecular weight is 351 g/mol. The van der Waals surface area contributed by atoms with Crippen molar-refractivity contribution in [1.82, 2.24) is 4.90 Å². The zero-order valence-corrected chi connectivity index (χ0v) is 15.9. The van der Waals surface area contributed by atoms with Gasteiger partial charge in [0.05, 0.1) is 6.61 Å². The third-order valence-corrected chi connectivity index (χ3v) is 7.38. The number of hydrogen-bond donors (Lipinski definition) is 1. The van der Waals surface area contributed by atoms with Crippen LogP contribution in [0.25, 0.3) is 0 Å². The summed E-state index contributed by atoms with van der Waals surface area (Å²) in [7, 11) is 1.54. The van der Waals surface area contributed by atoms with E-state index < -0.39 is 7.92 Å². The van der Waals surface area contributed by atoms with Crippen LogP contribution < -0.4 is 10.6 Å². The molecule has 0 radical (unpaired) electrons. The van der Waals surface area contributed by atoms with Crippen molar-refractivity contribution in [2.24, 2.45) is 0 Å². The quantitative estimate of drug-likeness (QED) is 0.770. The number of rotatable bonds is 7. The van der Waals surface area contributed by atoms with Crippen LogP contribution in [0.15, 0.2) is 83.7 Å². The minimum atomic E-state index is -0.554. The lowest BCUT2D eigenvalue weighted by Crippen LogP contribution is -2.33. The van der Waals surface area contributed by atoms with Crippen molar-refractivity contribution < 1.29 is 5.11 Å². The first-order valence-electron chi connectivity index (χ1n) is 8.83. The summed E-state index contributed by atoms with van der Waals surface area (Å²) in [5.74, 6) is 0. The summed E-state index contributed by atoms with van der Waals surface area (Å²) in [5, 5.41) is 13.5. The maximum atomic E-state index is 9.29. The van der Waals surface area contributed by atoms with Gasteiger partial charge in [-0.25, -0.2) is 0 Å². The van der Waals surface area contributed by atoms with Crippen molar-refractivity contribution in [2.75, 3.05) is 20.2 Å². The van der Waals surface area contributed by atoms with Crippen LogP contribution in [-0.4, -0.2) is 36.2 Å². The van der Waals surface area contributed by atoms with E-state index in [-0.39, 0.29) is 6.61 Å². The molecule has 0 aliphatic heterocycles. The fraction of sp³-hybridized carbons (Fsp3) is 0.273. The van der Waals surface area contributed by atoms with E-state index in [4.69, 9.17) is 0 Å². The van der Waals surface area contributed by atoms with E-state index in [0.29, 0.717) is 12.6 Å². The van der Waals surface area contributed by atoms with Gasteiger partial charge in [-0.3, -0.25) is 4.90 Å². The first-order valence-corrected chi connectivity index (χ1v) is 10.2. The molecule has 1 aliphatic carbocycles. The second kappa shape index (κ2) is 8.58. The molecule has 1 aliphatic rings.